The molecule has 1 aromatic heterocycles. The molecule has 23 heavy (non-hydrogen) atoms. The van der Waals surface area contributed by atoms with Gasteiger partial charge in [-0.05, 0) is 55.8 Å². The third-order valence-corrected chi connectivity index (χ3v) is 3.83. The van der Waals surface area contributed by atoms with Gasteiger partial charge in [0.2, 0.25) is 0 Å². The van der Waals surface area contributed by atoms with Crippen molar-refractivity contribution in [2.24, 2.45) is 7.05 Å². The van der Waals surface area contributed by atoms with Crippen LogP contribution in [0.1, 0.15) is 17.0 Å². The topological polar surface area (TPSA) is 67.0 Å². The molecule has 0 radical (unpaired) electrons. The molecule has 0 bridgehead atoms. The quantitative estimate of drug-likeness (QED) is 0.696. The summed E-state index contributed by atoms with van der Waals surface area (Å²) in [5.74, 6) is 0.271. The lowest BCUT2D eigenvalue weighted by Gasteiger charge is -2.05. The van der Waals surface area contributed by atoms with Gasteiger partial charge in [-0.3, -0.25) is 4.79 Å². The van der Waals surface area contributed by atoms with E-state index in [1.807, 2.05) is 37.6 Å². The van der Waals surface area contributed by atoms with Crippen molar-refractivity contribution >= 4 is 17.7 Å². The van der Waals surface area contributed by atoms with E-state index in [9.17, 15) is 10.1 Å². The molecule has 5 heteroatoms. The molecule has 0 fully saturated rings. The predicted molar refractivity (Wildman–Crippen MR) is 90.1 cm³/mol. The second-order valence-electron chi connectivity index (χ2n) is 5.24. The number of rotatable bonds is 4. The monoisotopic (exact) mass is 309 g/mol. The highest BCUT2D eigenvalue weighted by Crippen LogP contribution is 2.19. The lowest BCUT2D eigenvalue weighted by atomic mass is 10.1. The molecule has 2 rings (SSSR count). The van der Waals surface area contributed by atoms with Crippen LogP contribution in [0.4, 0.5) is 5.69 Å². The maximum Gasteiger partial charge on any atom is 0.266 e. The Labute approximate surface area is 135 Å². The minimum atomic E-state index is -0.432. The summed E-state index contributed by atoms with van der Waals surface area (Å²) in [6, 6.07) is 10.9. The highest BCUT2D eigenvalue weighted by atomic mass is 16.5. The molecule has 1 heterocycles. The van der Waals surface area contributed by atoms with Crippen LogP contribution in [0.25, 0.3) is 6.08 Å². The van der Waals surface area contributed by atoms with Crippen LogP contribution in [0.5, 0.6) is 5.75 Å². The van der Waals surface area contributed by atoms with E-state index >= 15 is 0 Å². The zero-order chi connectivity index (χ0) is 17.0. The molecule has 0 atom stereocenters. The van der Waals surface area contributed by atoms with Crippen molar-refractivity contribution < 1.29 is 9.53 Å². The molecular formula is C18H19N3O2. The third kappa shape index (κ3) is 3.61. The lowest BCUT2D eigenvalue weighted by Crippen LogP contribution is -2.13. The zero-order valence-electron chi connectivity index (χ0n) is 13.7. The van der Waals surface area contributed by atoms with Crippen LogP contribution in [0.2, 0.25) is 0 Å². The highest BCUT2D eigenvalue weighted by molar-refractivity contribution is 6.09. The van der Waals surface area contributed by atoms with Crippen molar-refractivity contribution in [2.45, 2.75) is 13.8 Å². The average molecular weight is 309 g/mol. The van der Waals surface area contributed by atoms with E-state index in [0.29, 0.717) is 11.4 Å². The van der Waals surface area contributed by atoms with Crippen molar-refractivity contribution in [1.82, 2.24) is 4.57 Å². The van der Waals surface area contributed by atoms with Crippen LogP contribution in [-0.2, 0) is 11.8 Å². The van der Waals surface area contributed by atoms with Crippen LogP contribution in [-0.4, -0.2) is 17.6 Å². The van der Waals surface area contributed by atoms with Gasteiger partial charge < -0.3 is 14.6 Å². The summed E-state index contributed by atoms with van der Waals surface area (Å²) in [4.78, 5) is 12.3. The van der Waals surface area contributed by atoms with E-state index < -0.39 is 5.91 Å². The Morgan fingerprint density at radius 3 is 2.43 bits per heavy atom. The number of anilines is 1. The number of hydrogen-bond donors (Lipinski definition) is 1. The molecule has 1 aromatic carbocycles. The first-order valence-electron chi connectivity index (χ1n) is 7.16. The molecule has 0 saturated carbocycles. The van der Waals surface area contributed by atoms with E-state index in [1.165, 1.54) is 0 Å². The van der Waals surface area contributed by atoms with Gasteiger partial charge in [-0.2, -0.15) is 5.26 Å². The number of aryl methyl sites for hydroxylation is 1. The number of carbonyl (C=O) groups is 1. The Morgan fingerprint density at radius 1 is 1.30 bits per heavy atom. The Hall–Kier alpha value is -3.00. The van der Waals surface area contributed by atoms with E-state index in [4.69, 9.17) is 4.74 Å². The molecule has 0 unspecified atom stereocenters. The minimum Gasteiger partial charge on any atom is -0.497 e. The lowest BCUT2D eigenvalue weighted by molar-refractivity contribution is -0.112. The number of aromatic nitrogens is 1. The Kier molecular flexibility index (Phi) is 4.87. The van der Waals surface area contributed by atoms with Crippen molar-refractivity contribution in [3.63, 3.8) is 0 Å². The fraction of sp³-hybridized carbons (Fsp3) is 0.222. The second kappa shape index (κ2) is 6.84. The van der Waals surface area contributed by atoms with Crippen LogP contribution in [0.15, 0.2) is 35.9 Å². The smallest absolute Gasteiger partial charge is 0.266 e. The molecule has 118 valence electrons. The Morgan fingerprint density at radius 2 is 1.96 bits per heavy atom. The maximum absolute atomic E-state index is 12.3. The van der Waals surface area contributed by atoms with E-state index in [-0.39, 0.29) is 5.57 Å². The number of hydrogen-bond acceptors (Lipinski definition) is 3. The van der Waals surface area contributed by atoms with Gasteiger partial charge in [0.25, 0.3) is 5.91 Å². The molecule has 0 spiro atoms. The Balaban J connectivity index is 2.22. The number of nitriles is 1. The number of ether oxygens (including phenoxy) is 1. The van der Waals surface area contributed by atoms with Gasteiger partial charge >= 0.3 is 0 Å². The predicted octanol–water partition coefficient (Wildman–Crippen LogP) is 3.20. The Bertz CT molecular complexity index is 793. The second-order valence-corrected chi connectivity index (χ2v) is 5.24. The van der Waals surface area contributed by atoms with Crippen molar-refractivity contribution in [1.29, 1.82) is 5.26 Å². The van der Waals surface area contributed by atoms with Gasteiger partial charge in [-0.15, -0.1) is 0 Å². The summed E-state index contributed by atoms with van der Waals surface area (Å²) in [6.07, 6.45) is 1.61. The fourth-order valence-corrected chi connectivity index (χ4v) is 2.21. The van der Waals surface area contributed by atoms with Gasteiger partial charge in [0, 0.05) is 24.1 Å². The maximum atomic E-state index is 12.3. The summed E-state index contributed by atoms with van der Waals surface area (Å²) < 4.78 is 7.09. The zero-order valence-corrected chi connectivity index (χ0v) is 13.7. The van der Waals surface area contributed by atoms with Crippen LogP contribution in [0.3, 0.4) is 0 Å². The van der Waals surface area contributed by atoms with Crippen LogP contribution >= 0.6 is 0 Å². The highest BCUT2D eigenvalue weighted by Gasteiger charge is 2.12. The number of nitrogens with zero attached hydrogens (tertiary/aromatic N) is 2. The number of nitrogens with one attached hydrogen (secondary N) is 1. The average Bonchev–Trinajstić information content (AvgIpc) is 2.80. The van der Waals surface area contributed by atoms with E-state index in [0.717, 1.165) is 17.0 Å². The SMILES string of the molecule is COc1ccc(NC(=O)/C(C#N)=C\c2cc(C)n(C)c2C)cc1. The number of amides is 1. The minimum absolute atomic E-state index is 0.0644. The van der Waals surface area contributed by atoms with Crippen LogP contribution < -0.4 is 10.1 Å². The van der Waals surface area contributed by atoms with Gasteiger partial charge in [0.1, 0.15) is 17.4 Å². The van der Waals surface area contributed by atoms with Gasteiger partial charge in [-0.1, -0.05) is 0 Å². The number of methoxy groups -OCH3 is 1. The summed E-state index contributed by atoms with van der Waals surface area (Å²) in [6.45, 7) is 3.93. The summed E-state index contributed by atoms with van der Waals surface area (Å²) in [5, 5.41) is 12.0. The molecule has 0 aliphatic rings. The standard InChI is InChI=1S/C18H19N3O2/c1-12-9-14(13(2)21(12)3)10-15(11-19)18(22)20-16-5-7-17(23-4)8-6-16/h5-10H,1-4H3,(H,20,22)/b15-10-. The first-order valence-corrected chi connectivity index (χ1v) is 7.16. The third-order valence-electron chi connectivity index (χ3n) is 3.83. The molecule has 0 aliphatic carbocycles. The van der Waals surface area contributed by atoms with E-state index in [1.54, 1.807) is 37.5 Å². The largest absolute Gasteiger partial charge is 0.497 e. The summed E-state index contributed by atoms with van der Waals surface area (Å²) >= 11 is 0. The summed E-state index contributed by atoms with van der Waals surface area (Å²) in [7, 11) is 3.53. The molecular weight excluding hydrogens is 290 g/mol. The van der Waals surface area contributed by atoms with Crippen molar-refractivity contribution in [3.8, 4) is 11.8 Å². The fourth-order valence-electron chi connectivity index (χ4n) is 2.21. The normalized spacial score (nSPS) is 11.0. The number of carbonyl (C=O) groups excluding carboxylic acids is 1. The molecule has 0 aliphatic heterocycles. The molecule has 2 aromatic rings. The molecule has 1 N–H and O–H groups in total. The van der Waals surface area contributed by atoms with Gasteiger partial charge in [0.05, 0.1) is 7.11 Å². The first kappa shape index (κ1) is 16.4. The molecule has 1 amide bonds. The molecule has 0 saturated heterocycles. The number of benzene rings is 1. The van der Waals surface area contributed by atoms with Crippen molar-refractivity contribution in [3.05, 3.63) is 52.9 Å². The van der Waals surface area contributed by atoms with Crippen molar-refractivity contribution in [2.75, 3.05) is 12.4 Å². The van der Waals surface area contributed by atoms with Gasteiger partial charge in [-0.25, -0.2) is 0 Å². The van der Waals surface area contributed by atoms with E-state index in [2.05, 4.69) is 5.32 Å². The van der Waals surface area contributed by atoms with Crippen LogP contribution in [0, 0.1) is 25.2 Å². The summed E-state index contributed by atoms with van der Waals surface area (Å²) in [5.41, 5.74) is 3.62. The van der Waals surface area contributed by atoms with Gasteiger partial charge in [0.15, 0.2) is 0 Å². The first-order chi connectivity index (χ1) is 11.0. The molecule has 5 nitrogen and oxygen atoms in total.